The molecule has 1 heterocycles. The van der Waals surface area contributed by atoms with E-state index in [4.69, 9.17) is 5.11 Å². The monoisotopic (exact) mass is 339 g/mol. The summed E-state index contributed by atoms with van der Waals surface area (Å²) >= 11 is 1.68. The fraction of sp³-hybridized carbons (Fsp3) is 0.529. The number of carbonyl (C=O) groups excluding carboxylic acids is 1. The Bertz CT molecular complexity index is 567. The summed E-state index contributed by atoms with van der Waals surface area (Å²) in [6, 6.07) is 6.35. The van der Waals surface area contributed by atoms with Gasteiger partial charge in [0.15, 0.2) is 0 Å². The van der Waals surface area contributed by atoms with Gasteiger partial charge in [0.2, 0.25) is 5.91 Å². The van der Waals surface area contributed by atoms with Gasteiger partial charge in [0.05, 0.1) is 12.5 Å². The molecule has 1 N–H and O–H groups in total. The SMILES string of the molecule is CC(CCc1ccccc1F)C(=O)N1CCSCC1CC(=O)O. The Labute approximate surface area is 140 Å². The van der Waals surface area contributed by atoms with Crippen LogP contribution in [-0.4, -0.2) is 46.0 Å². The maximum absolute atomic E-state index is 13.6. The van der Waals surface area contributed by atoms with Gasteiger partial charge in [-0.1, -0.05) is 25.1 Å². The van der Waals surface area contributed by atoms with Gasteiger partial charge in [-0.2, -0.15) is 11.8 Å². The highest BCUT2D eigenvalue weighted by Gasteiger charge is 2.31. The zero-order valence-electron chi connectivity index (χ0n) is 13.2. The van der Waals surface area contributed by atoms with Gasteiger partial charge in [-0.15, -0.1) is 0 Å². The van der Waals surface area contributed by atoms with Crippen LogP contribution in [0.15, 0.2) is 24.3 Å². The molecule has 0 bridgehead atoms. The van der Waals surface area contributed by atoms with Crippen LogP contribution in [0.1, 0.15) is 25.3 Å². The summed E-state index contributed by atoms with van der Waals surface area (Å²) < 4.78 is 13.6. The van der Waals surface area contributed by atoms with E-state index >= 15 is 0 Å². The normalized spacial score (nSPS) is 19.4. The van der Waals surface area contributed by atoms with Gasteiger partial charge < -0.3 is 10.0 Å². The van der Waals surface area contributed by atoms with E-state index < -0.39 is 5.97 Å². The van der Waals surface area contributed by atoms with Crippen LogP contribution in [0, 0.1) is 11.7 Å². The van der Waals surface area contributed by atoms with E-state index in [1.54, 1.807) is 34.9 Å². The second-order valence-electron chi connectivity index (χ2n) is 5.89. The molecule has 23 heavy (non-hydrogen) atoms. The number of thioether (sulfide) groups is 1. The van der Waals surface area contributed by atoms with Gasteiger partial charge in [-0.25, -0.2) is 4.39 Å². The summed E-state index contributed by atoms with van der Waals surface area (Å²) in [6.45, 7) is 2.42. The Morgan fingerprint density at radius 3 is 2.87 bits per heavy atom. The third-order valence-electron chi connectivity index (χ3n) is 4.15. The minimum absolute atomic E-state index is 0.0151. The molecule has 1 aliphatic rings. The zero-order chi connectivity index (χ0) is 16.8. The predicted octanol–water partition coefficient (Wildman–Crippen LogP) is 2.81. The van der Waals surface area contributed by atoms with Gasteiger partial charge >= 0.3 is 5.97 Å². The average molecular weight is 339 g/mol. The van der Waals surface area contributed by atoms with Crippen molar-refractivity contribution >= 4 is 23.6 Å². The Hall–Kier alpha value is -1.56. The summed E-state index contributed by atoms with van der Waals surface area (Å²) in [7, 11) is 0. The summed E-state index contributed by atoms with van der Waals surface area (Å²) in [5.41, 5.74) is 0.614. The highest BCUT2D eigenvalue weighted by atomic mass is 32.2. The third-order valence-corrected chi connectivity index (χ3v) is 5.24. The fourth-order valence-corrected chi connectivity index (χ4v) is 3.86. The summed E-state index contributed by atoms with van der Waals surface area (Å²) in [4.78, 5) is 25.3. The number of aryl methyl sites for hydroxylation is 1. The van der Waals surface area contributed by atoms with Gasteiger partial charge in [-0.3, -0.25) is 9.59 Å². The third kappa shape index (κ3) is 4.96. The Morgan fingerprint density at radius 1 is 1.43 bits per heavy atom. The van der Waals surface area contributed by atoms with E-state index in [9.17, 15) is 14.0 Å². The van der Waals surface area contributed by atoms with Crippen molar-refractivity contribution in [3.8, 4) is 0 Å². The Kier molecular flexibility index (Phi) is 6.45. The molecule has 0 spiro atoms. The fourth-order valence-electron chi connectivity index (χ4n) is 2.80. The van der Waals surface area contributed by atoms with Crippen LogP contribution in [0.4, 0.5) is 4.39 Å². The Morgan fingerprint density at radius 2 is 2.17 bits per heavy atom. The van der Waals surface area contributed by atoms with Crippen molar-refractivity contribution in [2.24, 2.45) is 5.92 Å². The number of carbonyl (C=O) groups is 2. The molecule has 6 heteroatoms. The first-order valence-corrected chi connectivity index (χ1v) is 8.98. The molecule has 2 rings (SSSR count). The van der Waals surface area contributed by atoms with Crippen molar-refractivity contribution in [1.29, 1.82) is 0 Å². The molecule has 4 nitrogen and oxygen atoms in total. The van der Waals surface area contributed by atoms with Crippen molar-refractivity contribution in [2.45, 2.75) is 32.2 Å². The molecule has 1 aromatic carbocycles. The van der Waals surface area contributed by atoms with E-state index in [1.807, 2.05) is 6.92 Å². The minimum Gasteiger partial charge on any atom is -0.481 e. The molecule has 126 valence electrons. The number of hydrogen-bond acceptors (Lipinski definition) is 3. The second kappa shape index (κ2) is 8.34. The second-order valence-corrected chi connectivity index (χ2v) is 7.04. The molecule has 1 aliphatic heterocycles. The lowest BCUT2D eigenvalue weighted by Crippen LogP contribution is -2.49. The van der Waals surface area contributed by atoms with E-state index in [0.717, 1.165) is 5.75 Å². The molecule has 1 amide bonds. The number of rotatable bonds is 6. The molecule has 2 atom stereocenters. The van der Waals surface area contributed by atoms with Crippen LogP contribution >= 0.6 is 11.8 Å². The topological polar surface area (TPSA) is 57.6 Å². The highest BCUT2D eigenvalue weighted by Crippen LogP contribution is 2.23. The first-order chi connectivity index (χ1) is 11.0. The van der Waals surface area contributed by atoms with Crippen LogP contribution in [0.3, 0.4) is 0 Å². The van der Waals surface area contributed by atoms with Gasteiger partial charge in [0.25, 0.3) is 0 Å². The first-order valence-electron chi connectivity index (χ1n) is 7.82. The minimum atomic E-state index is -0.880. The van der Waals surface area contributed by atoms with E-state index in [2.05, 4.69) is 0 Å². The van der Waals surface area contributed by atoms with Crippen molar-refractivity contribution in [1.82, 2.24) is 4.90 Å². The molecule has 1 aromatic rings. The van der Waals surface area contributed by atoms with Crippen molar-refractivity contribution in [3.63, 3.8) is 0 Å². The lowest BCUT2D eigenvalue weighted by atomic mass is 9.98. The average Bonchev–Trinajstić information content (AvgIpc) is 2.53. The number of halogens is 1. The summed E-state index contributed by atoms with van der Waals surface area (Å²) in [6.07, 6.45) is 1.05. The number of carboxylic acid groups (broad SMARTS) is 1. The highest BCUT2D eigenvalue weighted by molar-refractivity contribution is 7.99. The van der Waals surface area contributed by atoms with Gasteiger partial charge in [0, 0.05) is 24.0 Å². The van der Waals surface area contributed by atoms with Gasteiger partial charge in [-0.05, 0) is 24.5 Å². The lowest BCUT2D eigenvalue weighted by Gasteiger charge is -2.36. The zero-order valence-corrected chi connectivity index (χ0v) is 14.0. The Balaban J connectivity index is 1.94. The smallest absolute Gasteiger partial charge is 0.305 e. The van der Waals surface area contributed by atoms with Crippen LogP contribution in [0.5, 0.6) is 0 Å². The van der Waals surface area contributed by atoms with Crippen molar-refractivity contribution in [3.05, 3.63) is 35.6 Å². The molecule has 2 unspecified atom stereocenters. The number of amides is 1. The summed E-state index contributed by atoms with van der Waals surface area (Å²) in [5.74, 6) is 0.112. The van der Waals surface area contributed by atoms with Gasteiger partial charge in [0.1, 0.15) is 5.82 Å². The maximum Gasteiger partial charge on any atom is 0.305 e. The molecule has 0 aliphatic carbocycles. The number of hydrogen-bond donors (Lipinski definition) is 1. The predicted molar refractivity (Wildman–Crippen MR) is 89.0 cm³/mol. The lowest BCUT2D eigenvalue weighted by molar-refractivity contribution is -0.141. The quantitative estimate of drug-likeness (QED) is 0.866. The molecule has 1 saturated heterocycles. The van der Waals surface area contributed by atoms with Crippen molar-refractivity contribution < 1.29 is 19.1 Å². The number of nitrogens with zero attached hydrogens (tertiary/aromatic N) is 1. The summed E-state index contributed by atoms with van der Waals surface area (Å²) in [5, 5.41) is 9.00. The molecular weight excluding hydrogens is 317 g/mol. The maximum atomic E-state index is 13.6. The van der Waals surface area contributed by atoms with E-state index in [0.29, 0.717) is 30.7 Å². The van der Waals surface area contributed by atoms with Crippen LogP contribution in [0.2, 0.25) is 0 Å². The van der Waals surface area contributed by atoms with Crippen LogP contribution < -0.4 is 0 Å². The number of benzene rings is 1. The molecule has 0 radical (unpaired) electrons. The van der Waals surface area contributed by atoms with Crippen LogP contribution in [-0.2, 0) is 16.0 Å². The molecular formula is C17H22FNO3S. The standard InChI is InChI=1S/C17H22FNO3S/c1-12(6-7-13-4-2-3-5-15(13)18)17(22)19-8-9-23-11-14(19)10-16(20)21/h2-5,12,14H,6-11H2,1H3,(H,20,21). The number of aliphatic carboxylic acids is 1. The molecule has 0 saturated carbocycles. The van der Waals surface area contributed by atoms with E-state index in [-0.39, 0.29) is 30.1 Å². The number of carboxylic acids is 1. The van der Waals surface area contributed by atoms with Crippen LogP contribution in [0.25, 0.3) is 0 Å². The largest absolute Gasteiger partial charge is 0.481 e. The van der Waals surface area contributed by atoms with Crippen molar-refractivity contribution in [2.75, 3.05) is 18.1 Å². The molecule has 1 fully saturated rings. The molecule has 0 aromatic heterocycles. The first kappa shape index (κ1) is 17.8. The van der Waals surface area contributed by atoms with E-state index in [1.165, 1.54) is 6.07 Å².